The molecule has 5 heteroatoms. The average molecular weight is 314 g/mol. The lowest BCUT2D eigenvalue weighted by Gasteiger charge is -2.08. The van der Waals surface area contributed by atoms with Crippen molar-refractivity contribution in [3.63, 3.8) is 0 Å². The molecule has 2 N–H and O–H groups in total. The third-order valence-electron chi connectivity index (χ3n) is 2.18. The maximum atomic E-state index is 5.92. The van der Waals surface area contributed by atoms with E-state index >= 15 is 0 Å². The molecule has 88 valence electrons. The van der Waals surface area contributed by atoms with Crippen LogP contribution in [0.25, 0.3) is 0 Å². The van der Waals surface area contributed by atoms with Crippen LogP contribution in [0.1, 0.15) is 5.56 Å². The summed E-state index contributed by atoms with van der Waals surface area (Å²) in [6.45, 7) is 0.355. The first-order valence-corrected chi connectivity index (χ1v) is 6.14. The molecule has 0 bridgehead atoms. The molecule has 0 aliphatic carbocycles. The van der Waals surface area contributed by atoms with Gasteiger partial charge in [-0.15, -0.1) is 0 Å². The third kappa shape index (κ3) is 2.97. The van der Waals surface area contributed by atoms with Gasteiger partial charge in [-0.25, -0.2) is 4.98 Å². The maximum Gasteiger partial charge on any atom is 0.219 e. The Labute approximate surface area is 113 Å². The Morgan fingerprint density at radius 2 is 2.12 bits per heavy atom. The Kier molecular flexibility index (Phi) is 3.99. The molecule has 3 nitrogen and oxygen atoms in total. The molecule has 2 rings (SSSR count). The van der Waals surface area contributed by atoms with E-state index in [1.165, 1.54) is 6.20 Å². The van der Waals surface area contributed by atoms with Gasteiger partial charge in [-0.2, -0.15) is 0 Å². The predicted octanol–water partition coefficient (Wildman–Crippen LogP) is 3.75. The fourth-order valence-corrected chi connectivity index (χ4v) is 1.86. The van der Waals surface area contributed by atoms with Gasteiger partial charge in [-0.3, -0.25) is 0 Å². The van der Waals surface area contributed by atoms with Gasteiger partial charge < -0.3 is 10.5 Å². The Morgan fingerprint density at radius 3 is 2.82 bits per heavy atom. The van der Waals surface area contributed by atoms with Crippen LogP contribution in [0.15, 0.2) is 41.0 Å². The van der Waals surface area contributed by atoms with E-state index in [0.717, 1.165) is 10.0 Å². The zero-order valence-corrected chi connectivity index (χ0v) is 11.2. The Bertz CT molecular complexity index is 534. The molecule has 0 radical (unpaired) electrons. The van der Waals surface area contributed by atoms with Crippen LogP contribution < -0.4 is 10.5 Å². The van der Waals surface area contributed by atoms with Crippen LogP contribution in [-0.4, -0.2) is 4.98 Å². The van der Waals surface area contributed by atoms with E-state index in [-0.39, 0.29) is 0 Å². The highest BCUT2D eigenvalue weighted by atomic mass is 79.9. The van der Waals surface area contributed by atoms with Gasteiger partial charge in [-0.05, 0) is 33.6 Å². The van der Waals surface area contributed by atoms with Gasteiger partial charge in [0.15, 0.2) is 0 Å². The van der Waals surface area contributed by atoms with Gasteiger partial charge in [-0.1, -0.05) is 23.7 Å². The number of hydrogen-bond donors (Lipinski definition) is 1. The summed E-state index contributed by atoms with van der Waals surface area (Å²) in [5.74, 6) is 1.17. The summed E-state index contributed by atoms with van der Waals surface area (Å²) in [5.41, 5.74) is 6.37. The summed E-state index contributed by atoms with van der Waals surface area (Å²) in [7, 11) is 0. The molecular weight excluding hydrogens is 304 g/mol. The number of hydrogen-bond acceptors (Lipinski definition) is 3. The number of para-hydroxylation sites is 1. The summed E-state index contributed by atoms with van der Waals surface area (Å²) in [6.07, 6.45) is 1.54. The number of benzene rings is 1. The molecule has 0 atom stereocenters. The molecule has 0 aliphatic heterocycles. The molecule has 0 saturated carbocycles. The largest absolute Gasteiger partial charge is 0.438 e. The summed E-state index contributed by atoms with van der Waals surface area (Å²) in [6, 6.07) is 9.29. The Balaban J connectivity index is 2.28. The zero-order chi connectivity index (χ0) is 12.3. The first-order valence-electron chi connectivity index (χ1n) is 4.97. The minimum absolute atomic E-state index is 0.355. The van der Waals surface area contributed by atoms with Crippen molar-refractivity contribution in [1.29, 1.82) is 0 Å². The van der Waals surface area contributed by atoms with Crippen LogP contribution in [0, 0.1) is 0 Å². The number of pyridine rings is 1. The first kappa shape index (κ1) is 12.4. The zero-order valence-electron chi connectivity index (χ0n) is 8.86. The van der Waals surface area contributed by atoms with Crippen LogP contribution in [0.4, 0.5) is 0 Å². The molecule has 1 heterocycles. The molecule has 0 saturated heterocycles. The first-order chi connectivity index (χ1) is 8.20. The van der Waals surface area contributed by atoms with E-state index < -0.39 is 0 Å². The predicted molar refractivity (Wildman–Crippen MR) is 71.4 cm³/mol. The Hall–Kier alpha value is -1.10. The van der Waals surface area contributed by atoms with Gasteiger partial charge in [0.1, 0.15) is 5.75 Å². The molecule has 0 fully saturated rings. The van der Waals surface area contributed by atoms with E-state index in [9.17, 15) is 0 Å². The average Bonchev–Trinajstić information content (AvgIpc) is 2.34. The maximum absolute atomic E-state index is 5.92. The van der Waals surface area contributed by atoms with Crippen molar-refractivity contribution in [2.75, 3.05) is 0 Å². The van der Waals surface area contributed by atoms with Gasteiger partial charge in [0.25, 0.3) is 0 Å². The number of nitrogens with two attached hydrogens (primary N) is 1. The van der Waals surface area contributed by atoms with Crippen molar-refractivity contribution in [1.82, 2.24) is 4.98 Å². The third-order valence-corrected chi connectivity index (χ3v) is 3.18. The molecule has 17 heavy (non-hydrogen) atoms. The van der Waals surface area contributed by atoms with Gasteiger partial charge in [0, 0.05) is 18.8 Å². The monoisotopic (exact) mass is 312 g/mol. The summed E-state index contributed by atoms with van der Waals surface area (Å²) in [5, 5.41) is 0.548. The summed E-state index contributed by atoms with van der Waals surface area (Å²) >= 11 is 9.32. The molecular formula is C12H10BrClN2O. The highest BCUT2D eigenvalue weighted by Crippen LogP contribution is 2.29. The molecule has 1 aromatic heterocycles. The fraction of sp³-hybridized carbons (Fsp3) is 0.0833. The fourth-order valence-electron chi connectivity index (χ4n) is 1.31. The second-order valence-corrected chi connectivity index (χ2v) is 4.61. The number of halogens is 2. The highest BCUT2D eigenvalue weighted by Gasteiger charge is 2.05. The number of aromatic nitrogens is 1. The molecule has 0 spiro atoms. The summed E-state index contributed by atoms with van der Waals surface area (Å²) < 4.78 is 6.50. The van der Waals surface area contributed by atoms with Crippen molar-refractivity contribution in [2.45, 2.75) is 6.54 Å². The standard InChI is InChI=1S/C12H10BrClN2O/c13-9-3-1-2-4-11(9)17-12-5-8(6-15)10(14)7-16-12/h1-5,7H,6,15H2. The van der Waals surface area contributed by atoms with Crippen molar-refractivity contribution >= 4 is 27.5 Å². The van der Waals surface area contributed by atoms with E-state index in [1.807, 2.05) is 24.3 Å². The minimum Gasteiger partial charge on any atom is -0.438 e. The number of rotatable bonds is 3. The number of nitrogens with zero attached hydrogens (tertiary/aromatic N) is 1. The number of ether oxygens (including phenoxy) is 1. The minimum atomic E-state index is 0.355. The molecule has 0 aliphatic rings. The van der Waals surface area contributed by atoms with E-state index in [2.05, 4.69) is 20.9 Å². The summed E-state index contributed by atoms with van der Waals surface area (Å²) in [4.78, 5) is 4.09. The van der Waals surface area contributed by atoms with Crippen molar-refractivity contribution in [3.8, 4) is 11.6 Å². The Morgan fingerprint density at radius 1 is 1.35 bits per heavy atom. The molecule has 1 aromatic carbocycles. The molecule has 0 unspecified atom stereocenters. The van der Waals surface area contributed by atoms with E-state index in [0.29, 0.717) is 23.2 Å². The molecule has 2 aromatic rings. The van der Waals surface area contributed by atoms with Gasteiger partial charge >= 0.3 is 0 Å². The SMILES string of the molecule is NCc1cc(Oc2ccccc2Br)ncc1Cl. The van der Waals surface area contributed by atoms with Crippen molar-refractivity contribution < 1.29 is 4.74 Å². The quantitative estimate of drug-likeness (QED) is 0.939. The van der Waals surface area contributed by atoms with Crippen molar-refractivity contribution in [3.05, 3.63) is 51.6 Å². The lowest BCUT2D eigenvalue weighted by molar-refractivity contribution is 0.459. The van der Waals surface area contributed by atoms with Crippen LogP contribution in [-0.2, 0) is 6.54 Å². The normalized spacial score (nSPS) is 10.3. The van der Waals surface area contributed by atoms with E-state index in [1.54, 1.807) is 6.07 Å². The lowest BCUT2D eigenvalue weighted by atomic mass is 10.2. The van der Waals surface area contributed by atoms with Gasteiger partial charge in [0.2, 0.25) is 5.88 Å². The van der Waals surface area contributed by atoms with Crippen molar-refractivity contribution in [2.24, 2.45) is 5.73 Å². The highest BCUT2D eigenvalue weighted by molar-refractivity contribution is 9.10. The molecule has 0 amide bonds. The second-order valence-electron chi connectivity index (χ2n) is 3.35. The van der Waals surface area contributed by atoms with E-state index in [4.69, 9.17) is 22.1 Å². The van der Waals surface area contributed by atoms with Crippen LogP contribution in [0.2, 0.25) is 5.02 Å². The van der Waals surface area contributed by atoms with Gasteiger partial charge in [0.05, 0.1) is 9.50 Å². The topological polar surface area (TPSA) is 48.1 Å². The van der Waals surface area contributed by atoms with Crippen LogP contribution in [0.5, 0.6) is 11.6 Å². The smallest absolute Gasteiger partial charge is 0.219 e. The van der Waals surface area contributed by atoms with Crippen LogP contribution in [0.3, 0.4) is 0 Å². The second kappa shape index (κ2) is 5.49. The van der Waals surface area contributed by atoms with Crippen LogP contribution >= 0.6 is 27.5 Å². The lowest BCUT2D eigenvalue weighted by Crippen LogP contribution is -1.99.